The molecule has 0 spiro atoms. The van der Waals surface area contributed by atoms with Crippen LogP contribution in [0.1, 0.15) is 12.1 Å². The Balaban J connectivity index is 2.85. The third-order valence-electron chi connectivity index (χ3n) is 2.84. The lowest BCUT2D eigenvalue weighted by Crippen LogP contribution is -2.26. The normalized spacial score (nSPS) is 10.7. The highest BCUT2D eigenvalue weighted by molar-refractivity contribution is 6.32. The zero-order valence-corrected chi connectivity index (χ0v) is 13.2. The number of ether oxygens (including phenoxy) is 1. The van der Waals surface area contributed by atoms with E-state index in [0.717, 1.165) is 11.7 Å². The van der Waals surface area contributed by atoms with E-state index in [-0.39, 0.29) is 28.2 Å². The van der Waals surface area contributed by atoms with Gasteiger partial charge in [0.1, 0.15) is 16.1 Å². The predicted octanol–water partition coefficient (Wildman–Crippen LogP) is 3.19. The van der Waals surface area contributed by atoms with E-state index >= 15 is 0 Å². The van der Waals surface area contributed by atoms with Crippen molar-refractivity contribution >= 4 is 23.2 Å². The van der Waals surface area contributed by atoms with Crippen LogP contribution in [0.2, 0.25) is 10.3 Å². The quantitative estimate of drug-likeness (QED) is 0.621. The Morgan fingerprint density at radius 1 is 1.35 bits per heavy atom. The lowest BCUT2D eigenvalue weighted by molar-refractivity contribution is 0.140. The lowest BCUT2D eigenvalue weighted by atomic mass is 10.2. The Morgan fingerprint density at radius 2 is 1.96 bits per heavy atom. The van der Waals surface area contributed by atoms with Crippen LogP contribution >= 0.6 is 23.2 Å². The van der Waals surface area contributed by atoms with E-state index in [2.05, 4.69) is 15.9 Å². The minimum absolute atomic E-state index is 0.0171. The summed E-state index contributed by atoms with van der Waals surface area (Å²) in [5.41, 5.74) is -1.38. The summed E-state index contributed by atoms with van der Waals surface area (Å²) in [6, 6.07) is 2.67. The molecular formula is C14H9Cl2F2N3O2. The summed E-state index contributed by atoms with van der Waals surface area (Å²) in [5, 5.41) is 0.0341. The molecule has 0 radical (unpaired) electrons. The second kappa shape index (κ2) is 6.94. The van der Waals surface area contributed by atoms with Crippen LogP contribution in [0.3, 0.4) is 0 Å². The number of hydrogen-bond acceptors (Lipinski definition) is 4. The molecule has 0 bridgehead atoms. The van der Waals surface area contributed by atoms with E-state index in [1.165, 1.54) is 12.1 Å². The zero-order valence-electron chi connectivity index (χ0n) is 11.7. The van der Waals surface area contributed by atoms with Gasteiger partial charge in [-0.1, -0.05) is 29.1 Å². The van der Waals surface area contributed by atoms with E-state index < -0.39 is 23.4 Å². The van der Waals surface area contributed by atoms with E-state index in [9.17, 15) is 13.6 Å². The average molecular weight is 360 g/mol. The van der Waals surface area contributed by atoms with Gasteiger partial charge in [0.2, 0.25) is 5.75 Å². The average Bonchev–Trinajstić information content (AvgIpc) is 2.47. The molecule has 2 aromatic rings. The molecule has 5 nitrogen and oxygen atoms in total. The number of alkyl halides is 2. The summed E-state index contributed by atoms with van der Waals surface area (Å²) >= 11 is 11.6. The van der Waals surface area contributed by atoms with Crippen molar-refractivity contribution < 1.29 is 13.5 Å². The number of nitrogens with zero attached hydrogens (tertiary/aromatic N) is 3. The van der Waals surface area contributed by atoms with Crippen LogP contribution in [0.4, 0.5) is 8.78 Å². The molecule has 2 aromatic heterocycles. The highest BCUT2D eigenvalue weighted by Crippen LogP contribution is 2.29. The first kappa shape index (κ1) is 17.2. The molecular weight excluding hydrogens is 351 g/mol. The largest absolute Gasteiger partial charge is 0.490 e. The fraction of sp³-hybridized carbons (Fsp3) is 0.214. The van der Waals surface area contributed by atoms with Gasteiger partial charge in [0.25, 0.3) is 12.0 Å². The number of methoxy groups -OCH3 is 1. The molecule has 0 amide bonds. The highest BCUT2D eigenvalue weighted by atomic mass is 35.5. The second-order valence-corrected chi connectivity index (χ2v) is 5.03. The van der Waals surface area contributed by atoms with Gasteiger partial charge in [0, 0.05) is 5.56 Å². The van der Waals surface area contributed by atoms with Crippen LogP contribution in [-0.4, -0.2) is 21.6 Å². The molecule has 0 fully saturated rings. The van der Waals surface area contributed by atoms with Gasteiger partial charge in [-0.2, -0.15) is 0 Å². The minimum atomic E-state index is -3.01. The summed E-state index contributed by atoms with van der Waals surface area (Å²) in [4.78, 5) is 19.9. The molecule has 120 valence electrons. The maximum Gasteiger partial charge on any atom is 0.297 e. The first-order valence-corrected chi connectivity index (χ1v) is 6.88. The Labute approximate surface area is 139 Å². The number of pyridine rings is 1. The van der Waals surface area contributed by atoms with Gasteiger partial charge in [-0.3, -0.25) is 9.36 Å². The molecule has 2 rings (SSSR count). The molecule has 0 N–H and O–H groups in total. The summed E-state index contributed by atoms with van der Waals surface area (Å²) < 4.78 is 32.1. The molecule has 0 aliphatic carbocycles. The predicted molar refractivity (Wildman–Crippen MR) is 82.1 cm³/mol. The molecule has 0 unspecified atom stereocenters. The number of terminal acetylenes is 1. The number of aromatic nitrogens is 3. The Morgan fingerprint density at radius 3 is 2.43 bits per heavy atom. The summed E-state index contributed by atoms with van der Waals surface area (Å²) in [7, 11) is 1.10. The Bertz CT molecular complexity index is 827. The first-order chi connectivity index (χ1) is 10.9. The minimum Gasteiger partial charge on any atom is -0.490 e. The topological polar surface area (TPSA) is 57.0 Å². The number of hydrogen-bond donors (Lipinski definition) is 0. The summed E-state index contributed by atoms with van der Waals surface area (Å²) in [6.45, 7) is -0.196. The molecule has 23 heavy (non-hydrogen) atoms. The summed E-state index contributed by atoms with van der Waals surface area (Å²) in [6.07, 6.45) is 2.23. The molecule has 2 heterocycles. The standard InChI is InChI=1S/C14H9Cl2F2N3O2/c1-3-4-21-13(7-5-8(15)19-9(16)6-7)20-10(12(17)18)11(23-2)14(21)22/h1,5-6,12H,4H2,2H3. The second-order valence-electron chi connectivity index (χ2n) is 4.25. The molecule has 0 saturated heterocycles. The van der Waals surface area contributed by atoms with Crippen LogP contribution in [0.25, 0.3) is 11.4 Å². The SMILES string of the molecule is C#CCn1c(-c2cc(Cl)nc(Cl)c2)nc(C(F)F)c(OC)c1=O. The molecule has 0 aliphatic rings. The lowest BCUT2D eigenvalue weighted by Gasteiger charge is -2.15. The Kier molecular flexibility index (Phi) is 5.19. The number of rotatable bonds is 4. The van der Waals surface area contributed by atoms with E-state index in [1.807, 2.05) is 0 Å². The first-order valence-electron chi connectivity index (χ1n) is 6.12. The fourth-order valence-corrected chi connectivity index (χ4v) is 2.41. The van der Waals surface area contributed by atoms with Gasteiger partial charge in [0.15, 0.2) is 5.69 Å². The van der Waals surface area contributed by atoms with Gasteiger partial charge in [-0.25, -0.2) is 18.7 Å². The van der Waals surface area contributed by atoms with Gasteiger partial charge in [0.05, 0.1) is 13.7 Å². The van der Waals surface area contributed by atoms with E-state index in [4.69, 9.17) is 34.4 Å². The smallest absolute Gasteiger partial charge is 0.297 e. The molecule has 0 saturated carbocycles. The van der Waals surface area contributed by atoms with Crippen LogP contribution in [0, 0.1) is 12.3 Å². The third kappa shape index (κ3) is 3.44. The van der Waals surface area contributed by atoms with E-state index in [1.54, 1.807) is 0 Å². The van der Waals surface area contributed by atoms with Crippen molar-refractivity contribution in [1.82, 2.24) is 14.5 Å². The van der Waals surface area contributed by atoms with Gasteiger partial charge >= 0.3 is 0 Å². The van der Waals surface area contributed by atoms with Gasteiger partial charge in [-0.15, -0.1) is 6.42 Å². The van der Waals surface area contributed by atoms with Gasteiger partial charge < -0.3 is 4.74 Å². The van der Waals surface area contributed by atoms with Crippen LogP contribution in [0.15, 0.2) is 16.9 Å². The van der Waals surface area contributed by atoms with Crippen molar-refractivity contribution in [2.45, 2.75) is 13.0 Å². The summed E-state index contributed by atoms with van der Waals surface area (Å²) in [5.74, 6) is 1.60. The molecule has 0 atom stereocenters. The molecule has 0 aromatic carbocycles. The van der Waals surface area contributed by atoms with Crippen LogP contribution in [0.5, 0.6) is 5.75 Å². The zero-order chi connectivity index (χ0) is 17.1. The molecule has 0 aliphatic heterocycles. The maximum absolute atomic E-state index is 13.2. The third-order valence-corrected chi connectivity index (χ3v) is 3.22. The van der Waals surface area contributed by atoms with Crippen LogP contribution in [-0.2, 0) is 6.54 Å². The van der Waals surface area contributed by atoms with Gasteiger partial charge in [-0.05, 0) is 12.1 Å². The van der Waals surface area contributed by atoms with Crippen molar-refractivity contribution in [3.05, 3.63) is 38.5 Å². The monoisotopic (exact) mass is 359 g/mol. The van der Waals surface area contributed by atoms with Crippen molar-refractivity contribution in [3.63, 3.8) is 0 Å². The van der Waals surface area contributed by atoms with Crippen molar-refractivity contribution in [2.75, 3.05) is 7.11 Å². The van der Waals surface area contributed by atoms with Crippen molar-refractivity contribution in [3.8, 4) is 29.5 Å². The van der Waals surface area contributed by atoms with E-state index in [0.29, 0.717) is 0 Å². The molecule has 9 heteroatoms. The van der Waals surface area contributed by atoms with Crippen molar-refractivity contribution in [1.29, 1.82) is 0 Å². The fourth-order valence-electron chi connectivity index (χ4n) is 1.95. The maximum atomic E-state index is 13.2. The van der Waals surface area contributed by atoms with Crippen LogP contribution < -0.4 is 10.3 Å². The highest BCUT2D eigenvalue weighted by Gasteiger charge is 2.24. The number of halogens is 4. The Hall–Kier alpha value is -2.17. The van der Waals surface area contributed by atoms with Crippen molar-refractivity contribution in [2.24, 2.45) is 0 Å².